The smallest absolute Gasteiger partial charge is 0.185 e. The molecule has 0 aromatic heterocycles. The summed E-state index contributed by atoms with van der Waals surface area (Å²) in [6, 6.07) is 4.36. The molecule has 5 nitrogen and oxygen atoms in total. The van der Waals surface area contributed by atoms with Crippen LogP contribution in [0.1, 0.15) is 6.92 Å². The first-order chi connectivity index (χ1) is 7.99. The molecule has 1 heterocycles. The van der Waals surface area contributed by atoms with Crippen LogP contribution in [0.3, 0.4) is 0 Å². The van der Waals surface area contributed by atoms with E-state index in [0.717, 1.165) is 0 Å². The van der Waals surface area contributed by atoms with Crippen LogP contribution < -0.4 is 9.47 Å². The number of carbonyl (C=O) groups excluding carboxylic acids is 1. The van der Waals surface area contributed by atoms with Crippen LogP contribution in [0.2, 0.25) is 0 Å². The first-order valence-corrected chi connectivity index (χ1v) is 6.76. The number of Topliss-reactive ketones (excluding diaryl/α,β-unsaturated/α-hetero) is 1. The zero-order valence-electron chi connectivity index (χ0n) is 9.30. The summed E-state index contributed by atoms with van der Waals surface area (Å²) in [4.78, 5) is 11.0. The Bertz CT molecular complexity index is 547. The maximum Gasteiger partial charge on any atom is 0.185 e. The van der Waals surface area contributed by atoms with Crippen LogP contribution in [0.4, 0.5) is 0 Å². The van der Waals surface area contributed by atoms with Crippen LogP contribution in [-0.4, -0.2) is 33.2 Å². The van der Waals surface area contributed by atoms with E-state index in [4.69, 9.17) is 9.47 Å². The molecule has 92 valence electrons. The van der Waals surface area contributed by atoms with Gasteiger partial charge in [0.15, 0.2) is 21.3 Å². The van der Waals surface area contributed by atoms with E-state index in [1.807, 2.05) is 0 Å². The molecular weight excluding hydrogens is 244 g/mol. The van der Waals surface area contributed by atoms with Gasteiger partial charge in [-0.15, -0.1) is 0 Å². The molecule has 1 aliphatic rings. The third-order valence-electron chi connectivity index (χ3n) is 2.27. The summed E-state index contributed by atoms with van der Waals surface area (Å²) in [5.74, 6) is 0.0471. The van der Waals surface area contributed by atoms with Gasteiger partial charge in [0.25, 0.3) is 0 Å². The van der Waals surface area contributed by atoms with E-state index in [1.165, 1.54) is 19.1 Å². The summed E-state index contributed by atoms with van der Waals surface area (Å²) in [7, 11) is -3.58. The molecule has 0 saturated carbocycles. The van der Waals surface area contributed by atoms with E-state index >= 15 is 0 Å². The zero-order valence-corrected chi connectivity index (χ0v) is 10.1. The van der Waals surface area contributed by atoms with Crippen molar-refractivity contribution in [2.75, 3.05) is 19.0 Å². The molecular formula is C11H12O5S. The van der Waals surface area contributed by atoms with Crippen LogP contribution in [0.25, 0.3) is 0 Å². The van der Waals surface area contributed by atoms with Crippen molar-refractivity contribution in [3.8, 4) is 11.5 Å². The van der Waals surface area contributed by atoms with Crippen LogP contribution in [0, 0.1) is 0 Å². The number of ether oxygens (including phenoxy) is 2. The molecule has 2 rings (SSSR count). The Balaban J connectivity index is 2.37. The third kappa shape index (κ3) is 2.58. The quantitative estimate of drug-likeness (QED) is 0.800. The predicted molar refractivity (Wildman–Crippen MR) is 60.2 cm³/mol. The minimum atomic E-state index is -3.58. The van der Waals surface area contributed by atoms with Crippen LogP contribution in [0.5, 0.6) is 11.5 Å². The number of hydrogen-bond acceptors (Lipinski definition) is 5. The molecule has 0 spiro atoms. The van der Waals surface area contributed by atoms with Crippen molar-refractivity contribution in [1.29, 1.82) is 0 Å². The Labute approximate surface area is 99.3 Å². The predicted octanol–water partition coefficient (Wildman–Crippen LogP) is 0.821. The average molecular weight is 256 g/mol. The molecule has 0 fully saturated rings. The molecule has 6 heteroatoms. The van der Waals surface area contributed by atoms with Crippen molar-refractivity contribution in [2.24, 2.45) is 0 Å². The topological polar surface area (TPSA) is 69.7 Å². The SMILES string of the molecule is CC(=O)CS(=O)(=O)c1ccc2c(c1)OCCO2. The van der Waals surface area contributed by atoms with Gasteiger partial charge in [0.2, 0.25) is 0 Å². The molecule has 1 aromatic rings. The van der Waals surface area contributed by atoms with Gasteiger partial charge in [-0.25, -0.2) is 8.42 Å². The number of sulfone groups is 1. The summed E-state index contributed by atoms with van der Waals surface area (Å²) in [6.45, 7) is 2.09. The molecule has 0 radical (unpaired) electrons. The Morgan fingerprint density at radius 1 is 1.24 bits per heavy atom. The van der Waals surface area contributed by atoms with Crippen molar-refractivity contribution in [2.45, 2.75) is 11.8 Å². The second kappa shape index (κ2) is 4.37. The van der Waals surface area contributed by atoms with Gasteiger partial charge in [0.1, 0.15) is 24.7 Å². The van der Waals surface area contributed by atoms with Gasteiger partial charge in [0.05, 0.1) is 4.90 Å². The summed E-state index contributed by atoms with van der Waals surface area (Å²) < 4.78 is 34.2. The standard InChI is InChI=1S/C11H12O5S/c1-8(12)7-17(13,14)9-2-3-10-11(6-9)16-5-4-15-10/h2-3,6H,4-5,7H2,1H3. The minimum Gasteiger partial charge on any atom is -0.486 e. The Morgan fingerprint density at radius 3 is 2.53 bits per heavy atom. The fourth-order valence-corrected chi connectivity index (χ4v) is 2.83. The molecule has 0 N–H and O–H groups in total. The number of ketones is 1. The number of benzene rings is 1. The number of fused-ring (bicyclic) bond motifs is 1. The molecule has 0 saturated heterocycles. The largest absolute Gasteiger partial charge is 0.486 e. The Kier molecular flexibility index (Phi) is 3.06. The number of hydrogen-bond donors (Lipinski definition) is 0. The van der Waals surface area contributed by atoms with E-state index in [-0.39, 0.29) is 10.7 Å². The van der Waals surface area contributed by atoms with E-state index < -0.39 is 15.6 Å². The Hall–Kier alpha value is -1.56. The molecule has 0 unspecified atom stereocenters. The average Bonchev–Trinajstić information content (AvgIpc) is 2.26. The molecule has 0 amide bonds. The van der Waals surface area contributed by atoms with Crippen molar-refractivity contribution in [3.63, 3.8) is 0 Å². The van der Waals surface area contributed by atoms with Crippen molar-refractivity contribution in [1.82, 2.24) is 0 Å². The lowest BCUT2D eigenvalue weighted by atomic mass is 10.3. The van der Waals surface area contributed by atoms with Crippen molar-refractivity contribution in [3.05, 3.63) is 18.2 Å². The monoisotopic (exact) mass is 256 g/mol. The zero-order chi connectivity index (χ0) is 12.5. The lowest BCUT2D eigenvalue weighted by Gasteiger charge is -2.18. The number of rotatable bonds is 3. The fraction of sp³-hybridized carbons (Fsp3) is 0.364. The van der Waals surface area contributed by atoms with Crippen LogP contribution in [0.15, 0.2) is 23.1 Å². The van der Waals surface area contributed by atoms with Gasteiger partial charge in [-0.1, -0.05) is 0 Å². The van der Waals surface area contributed by atoms with Gasteiger partial charge in [-0.2, -0.15) is 0 Å². The normalized spacial score (nSPS) is 14.4. The highest BCUT2D eigenvalue weighted by Gasteiger charge is 2.20. The highest BCUT2D eigenvalue weighted by atomic mass is 32.2. The molecule has 17 heavy (non-hydrogen) atoms. The van der Waals surface area contributed by atoms with Crippen molar-refractivity contribution < 1.29 is 22.7 Å². The molecule has 1 aromatic carbocycles. The first kappa shape index (κ1) is 11.9. The Morgan fingerprint density at radius 2 is 1.88 bits per heavy atom. The van der Waals surface area contributed by atoms with Gasteiger partial charge in [0, 0.05) is 6.07 Å². The maximum atomic E-state index is 11.8. The minimum absolute atomic E-state index is 0.0805. The molecule has 0 atom stereocenters. The summed E-state index contributed by atoms with van der Waals surface area (Å²) in [5, 5.41) is 0. The van der Waals surface area contributed by atoms with Gasteiger partial charge in [-0.3, -0.25) is 4.79 Å². The van der Waals surface area contributed by atoms with E-state index in [9.17, 15) is 13.2 Å². The van der Waals surface area contributed by atoms with Gasteiger partial charge >= 0.3 is 0 Å². The van der Waals surface area contributed by atoms with E-state index in [2.05, 4.69) is 0 Å². The second-order valence-corrected chi connectivity index (χ2v) is 5.76. The van der Waals surface area contributed by atoms with Gasteiger partial charge in [-0.05, 0) is 19.1 Å². The third-order valence-corrected chi connectivity index (χ3v) is 4.02. The van der Waals surface area contributed by atoms with Gasteiger partial charge < -0.3 is 9.47 Å². The first-order valence-electron chi connectivity index (χ1n) is 5.11. The second-order valence-electron chi connectivity index (χ2n) is 3.77. The van der Waals surface area contributed by atoms with Crippen molar-refractivity contribution >= 4 is 15.6 Å². The molecule has 0 aliphatic carbocycles. The number of carbonyl (C=O) groups is 1. The van der Waals surface area contributed by atoms with Crippen LogP contribution >= 0.6 is 0 Å². The summed E-state index contributed by atoms with van der Waals surface area (Å²) >= 11 is 0. The van der Waals surface area contributed by atoms with Crippen LogP contribution in [-0.2, 0) is 14.6 Å². The van der Waals surface area contributed by atoms with E-state index in [1.54, 1.807) is 6.07 Å². The highest BCUT2D eigenvalue weighted by molar-refractivity contribution is 7.92. The summed E-state index contributed by atoms with van der Waals surface area (Å²) in [5.41, 5.74) is 0. The lowest BCUT2D eigenvalue weighted by Crippen LogP contribution is -2.17. The fourth-order valence-electron chi connectivity index (χ4n) is 1.57. The highest BCUT2D eigenvalue weighted by Crippen LogP contribution is 2.32. The molecule has 1 aliphatic heterocycles. The van der Waals surface area contributed by atoms with E-state index in [0.29, 0.717) is 24.7 Å². The summed E-state index contributed by atoms with van der Waals surface area (Å²) in [6.07, 6.45) is 0. The lowest BCUT2D eigenvalue weighted by molar-refractivity contribution is -0.114. The molecule has 0 bridgehead atoms. The maximum absolute atomic E-state index is 11.8.